The first-order chi connectivity index (χ1) is 13.7. The zero-order valence-electron chi connectivity index (χ0n) is 19.9. The second kappa shape index (κ2) is 8.75. The van der Waals surface area contributed by atoms with E-state index in [1.165, 1.54) is 4.57 Å². The highest BCUT2D eigenvalue weighted by Crippen LogP contribution is 2.38. The minimum atomic E-state index is -0.670. The Balaban J connectivity index is 2.18. The van der Waals surface area contributed by atoms with E-state index in [0.29, 0.717) is 18.4 Å². The molecule has 2 heterocycles. The van der Waals surface area contributed by atoms with Crippen LogP contribution in [0.3, 0.4) is 0 Å². The molecule has 1 fully saturated rings. The SMILES string of the molecule is CCOC(=O)c1c(CCCB2OC(C)(C)C(C)(C)O2)cc(C)n1C(=O)OC(C)(C)C. The number of ether oxygens (including phenoxy) is 2. The highest BCUT2D eigenvalue weighted by atomic mass is 16.7. The van der Waals surface area contributed by atoms with E-state index in [2.05, 4.69) is 0 Å². The third kappa shape index (κ3) is 5.46. The normalized spacial score (nSPS) is 17.8. The lowest BCUT2D eigenvalue weighted by atomic mass is 9.82. The average Bonchev–Trinajstić information content (AvgIpc) is 2.98. The lowest BCUT2D eigenvalue weighted by molar-refractivity contribution is 0.00578. The summed E-state index contributed by atoms with van der Waals surface area (Å²) in [4.78, 5) is 25.4. The molecule has 0 aliphatic carbocycles. The monoisotopic (exact) mass is 421 g/mol. The minimum absolute atomic E-state index is 0.227. The third-order valence-electron chi connectivity index (χ3n) is 5.50. The number of hydrogen-bond acceptors (Lipinski definition) is 6. The predicted octanol–water partition coefficient (Wildman–Crippen LogP) is 4.78. The maximum Gasteiger partial charge on any atom is 0.457 e. The molecule has 0 saturated carbocycles. The van der Waals surface area contributed by atoms with Crippen LogP contribution in [0.15, 0.2) is 6.07 Å². The van der Waals surface area contributed by atoms with Crippen molar-refractivity contribution in [2.75, 3.05) is 6.61 Å². The van der Waals surface area contributed by atoms with Gasteiger partial charge in [-0.2, -0.15) is 0 Å². The fraction of sp³-hybridized carbons (Fsp3) is 0.727. The summed E-state index contributed by atoms with van der Waals surface area (Å²) in [7, 11) is -0.296. The number of aryl methyl sites for hydroxylation is 2. The zero-order chi connectivity index (χ0) is 22.9. The highest BCUT2D eigenvalue weighted by molar-refractivity contribution is 6.45. The molecular weight excluding hydrogens is 385 g/mol. The van der Waals surface area contributed by atoms with Crippen molar-refractivity contribution in [1.29, 1.82) is 0 Å². The van der Waals surface area contributed by atoms with Gasteiger partial charge in [-0.25, -0.2) is 14.2 Å². The Bertz CT molecular complexity index is 774. The molecule has 168 valence electrons. The lowest BCUT2D eigenvalue weighted by Gasteiger charge is -2.32. The van der Waals surface area contributed by atoms with Crippen molar-refractivity contribution in [2.24, 2.45) is 0 Å². The van der Waals surface area contributed by atoms with E-state index in [1.807, 2.05) is 33.8 Å². The Hall–Kier alpha value is -1.80. The standard InChI is InChI=1S/C22H36BNO6/c1-10-27-18(25)17-16(14-15(2)24(17)19(26)28-20(3,4)5)12-11-13-23-29-21(6,7)22(8,9)30-23/h14H,10-13H2,1-9H3. The van der Waals surface area contributed by atoms with Gasteiger partial charge in [0.1, 0.15) is 11.3 Å². The summed E-state index contributed by atoms with van der Waals surface area (Å²) in [5.74, 6) is -0.526. The Morgan fingerprint density at radius 3 is 2.20 bits per heavy atom. The predicted molar refractivity (Wildman–Crippen MR) is 116 cm³/mol. The fourth-order valence-corrected chi connectivity index (χ4v) is 3.40. The molecule has 0 amide bonds. The molecule has 8 heteroatoms. The van der Waals surface area contributed by atoms with Crippen LogP contribution in [-0.2, 0) is 25.2 Å². The second-order valence-electron chi connectivity index (χ2n) is 9.77. The molecule has 1 aliphatic rings. The van der Waals surface area contributed by atoms with Crippen molar-refractivity contribution in [3.8, 4) is 0 Å². The van der Waals surface area contributed by atoms with Crippen molar-refractivity contribution >= 4 is 19.2 Å². The fourth-order valence-electron chi connectivity index (χ4n) is 3.40. The average molecular weight is 421 g/mol. The van der Waals surface area contributed by atoms with E-state index in [-0.39, 0.29) is 30.6 Å². The van der Waals surface area contributed by atoms with Gasteiger partial charge < -0.3 is 18.8 Å². The van der Waals surface area contributed by atoms with Gasteiger partial charge in [0.2, 0.25) is 0 Å². The Morgan fingerprint density at radius 2 is 1.70 bits per heavy atom. The molecule has 1 aromatic rings. The number of aromatic nitrogens is 1. The first-order valence-electron chi connectivity index (χ1n) is 10.7. The van der Waals surface area contributed by atoms with Gasteiger partial charge in [0, 0.05) is 5.69 Å². The van der Waals surface area contributed by atoms with Gasteiger partial charge in [-0.3, -0.25) is 0 Å². The molecule has 0 radical (unpaired) electrons. The molecule has 0 unspecified atom stereocenters. The molecule has 0 aromatic carbocycles. The van der Waals surface area contributed by atoms with Crippen LogP contribution >= 0.6 is 0 Å². The first kappa shape index (κ1) is 24.5. The van der Waals surface area contributed by atoms with E-state index in [0.717, 1.165) is 12.0 Å². The van der Waals surface area contributed by atoms with Crippen LogP contribution in [0.4, 0.5) is 4.79 Å². The summed E-state index contributed by atoms with van der Waals surface area (Å²) in [5.41, 5.74) is 0.217. The van der Waals surface area contributed by atoms with Crippen molar-refractivity contribution in [3.63, 3.8) is 0 Å². The molecule has 7 nitrogen and oxygen atoms in total. The van der Waals surface area contributed by atoms with Crippen LogP contribution in [0.25, 0.3) is 0 Å². The van der Waals surface area contributed by atoms with Crippen molar-refractivity contribution in [2.45, 2.75) is 98.3 Å². The van der Waals surface area contributed by atoms with Crippen LogP contribution in [0.5, 0.6) is 0 Å². The van der Waals surface area contributed by atoms with E-state index in [1.54, 1.807) is 34.6 Å². The van der Waals surface area contributed by atoms with Crippen molar-refractivity contribution in [3.05, 3.63) is 23.0 Å². The summed E-state index contributed by atoms with van der Waals surface area (Å²) < 4.78 is 24.1. The van der Waals surface area contributed by atoms with E-state index >= 15 is 0 Å². The summed E-state index contributed by atoms with van der Waals surface area (Å²) in [6.07, 6.45) is 1.43. The lowest BCUT2D eigenvalue weighted by Crippen LogP contribution is -2.41. The van der Waals surface area contributed by atoms with Crippen LogP contribution in [0, 0.1) is 6.92 Å². The maximum atomic E-state index is 12.7. The van der Waals surface area contributed by atoms with E-state index < -0.39 is 17.7 Å². The van der Waals surface area contributed by atoms with Gasteiger partial charge in [-0.1, -0.05) is 6.42 Å². The molecule has 0 N–H and O–H groups in total. The topological polar surface area (TPSA) is 76.0 Å². The first-order valence-corrected chi connectivity index (χ1v) is 10.7. The highest BCUT2D eigenvalue weighted by Gasteiger charge is 2.50. The molecular formula is C22H36BNO6. The largest absolute Gasteiger partial charge is 0.461 e. The second-order valence-corrected chi connectivity index (χ2v) is 9.77. The number of rotatable bonds is 6. The Kier molecular flexibility index (Phi) is 7.14. The van der Waals surface area contributed by atoms with Crippen molar-refractivity contribution in [1.82, 2.24) is 4.57 Å². The molecule has 0 atom stereocenters. The van der Waals surface area contributed by atoms with Crippen LogP contribution in [-0.4, -0.2) is 47.2 Å². The van der Waals surface area contributed by atoms with Gasteiger partial charge in [-0.15, -0.1) is 0 Å². The van der Waals surface area contributed by atoms with Crippen molar-refractivity contribution < 1.29 is 28.4 Å². The summed E-state index contributed by atoms with van der Waals surface area (Å²) in [6.45, 7) is 17.2. The summed E-state index contributed by atoms with van der Waals surface area (Å²) >= 11 is 0. The number of hydrogen-bond donors (Lipinski definition) is 0. The molecule has 30 heavy (non-hydrogen) atoms. The number of carbonyl (C=O) groups excluding carboxylic acids is 2. The summed E-state index contributed by atoms with van der Waals surface area (Å²) in [5, 5.41) is 0. The molecule has 1 saturated heterocycles. The molecule has 2 rings (SSSR count). The van der Waals surface area contributed by atoms with E-state index in [4.69, 9.17) is 18.8 Å². The Labute approximate surface area is 180 Å². The Morgan fingerprint density at radius 1 is 1.13 bits per heavy atom. The molecule has 1 aliphatic heterocycles. The van der Waals surface area contributed by atoms with Crippen LogP contribution < -0.4 is 0 Å². The van der Waals surface area contributed by atoms with Gasteiger partial charge in [0.25, 0.3) is 0 Å². The number of nitrogens with zero attached hydrogens (tertiary/aromatic N) is 1. The smallest absolute Gasteiger partial charge is 0.457 e. The van der Waals surface area contributed by atoms with Crippen LogP contribution in [0.2, 0.25) is 6.32 Å². The van der Waals surface area contributed by atoms with E-state index in [9.17, 15) is 9.59 Å². The summed E-state index contributed by atoms with van der Waals surface area (Å²) in [6, 6.07) is 1.85. The van der Waals surface area contributed by atoms with Gasteiger partial charge >= 0.3 is 19.2 Å². The number of carbonyl (C=O) groups is 2. The van der Waals surface area contributed by atoms with Gasteiger partial charge in [-0.05, 0) is 86.7 Å². The maximum absolute atomic E-state index is 12.7. The molecule has 0 bridgehead atoms. The third-order valence-corrected chi connectivity index (χ3v) is 5.50. The van der Waals surface area contributed by atoms with Crippen LogP contribution in [0.1, 0.15) is 83.6 Å². The molecule has 0 spiro atoms. The van der Waals surface area contributed by atoms with Gasteiger partial charge in [0.05, 0.1) is 17.8 Å². The number of esters is 1. The van der Waals surface area contributed by atoms with Gasteiger partial charge in [0.15, 0.2) is 0 Å². The molecule has 1 aromatic heterocycles. The minimum Gasteiger partial charge on any atom is -0.461 e. The zero-order valence-corrected chi connectivity index (χ0v) is 19.9. The quantitative estimate of drug-likeness (QED) is 0.486.